The van der Waals surface area contributed by atoms with Crippen LogP contribution >= 0.6 is 0 Å². The number of hydrogen-bond acceptors (Lipinski definition) is 4. The molecule has 2 atom stereocenters. The maximum absolute atomic E-state index is 8.93. The number of hydrogen-bond donors (Lipinski definition) is 2. The van der Waals surface area contributed by atoms with Gasteiger partial charge in [-0.3, -0.25) is 4.90 Å². The lowest BCUT2D eigenvalue weighted by Gasteiger charge is -2.35. The van der Waals surface area contributed by atoms with Gasteiger partial charge >= 0.3 is 0 Å². The van der Waals surface area contributed by atoms with Crippen molar-refractivity contribution in [2.75, 3.05) is 39.4 Å². The molecule has 2 N–H and O–H groups in total. The van der Waals surface area contributed by atoms with Gasteiger partial charge in [-0.2, -0.15) is 0 Å². The summed E-state index contributed by atoms with van der Waals surface area (Å²) in [6.07, 6.45) is 2.55. The van der Waals surface area contributed by atoms with Crippen LogP contribution in [0.3, 0.4) is 0 Å². The molecule has 0 aromatic carbocycles. The molecule has 0 saturated carbocycles. The zero-order valence-electron chi connectivity index (χ0n) is 12.2. The van der Waals surface area contributed by atoms with E-state index in [1.807, 2.05) is 0 Å². The largest absolute Gasteiger partial charge is 0.396 e. The Balaban J connectivity index is 2.05. The van der Waals surface area contributed by atoms with Gasteiger partial charge in [-0.25, -0.2) is 0 Å². The predicted octanol–water partition coefficient (Wildman–Crippen LogP) is 1.09. The summed E-state index contributed by atoms with van der Waals surface area (Å²) < 4.78 is 5.76. The van der Waals surface area contributed by atoms with Crippen LogP contribution in [0.5, 0.6) is 0 Å². The van der Waals surface area contributed by atoms with Gasteiger partial charge in [0.1, 0.15) is 0 Å². The number of nitrogens with one attached hydrogen (secondary N) is 1. The summed E-state index contributed by atoms with van der Waals surface area (Å²) in [6.45, 7) is 11.8. The minimum Gasteiger partial charge on any atom is -0.396 e. The van der Waals surface area contributed by atoms with Gasteiger partial charge < -0.3 is 15.2 Å². The van der Waals surface area contributed by atoms with Crippen LogP contribution in [-0.4, -0.2) is 61.5 Å². The summed E-state index contributed by atoms with van der Waals surface area (Å²) in [4.78, 5) is 2.48. The Morgan fingerprint density at radius 3 is 2.83 bits per heavy atom. The Kier molecular flexibility index (Phi) is 7.82. The first kappa shape index (κ1) is 15.9. The highest BCUT2D eigenvalue weighted by molar-refractivity contribution is 4.75. The molecule has 0 radical (unpaired) electrons. The fraction of sp³-hybridized carbons (Fsp3) is 1.00. The third kappa shape index (κ3) is 6.14. The van der Waals surface area contributed by atoms with E-state index >= 15 is 0 Å². The van der Waals surface area contributed by atoms with Crippen molar-refractivity contribution < 1.29 is 9.84 Å². The van der Waals surface area contributed by atoms with Crippen LogP contribution in [0.15, 0.2) is 0 Å². The van der Waals surface area contributed by atoms with Crippen LogP contribution in [0.25, 0.3) is 0 Å². The SMILES string of the molecule is CC(CO)CCCNCC1CN(C(C)C)CCO1. The molecule has 0 bridgehead atoms. The molecule has 0 amide bonds. The lowest BCUT2D eigenvalue weighted by atomic mass is 10.1. The first-order valence-corrected chi connectivity index (χ1v) is 7.30. The van der Waals surface area contributed by atoms with Crippen molar-refractivity contribution in [3.8, 4) is 0 Å². The minimum absolute atomic E-state index is 0.301. The topological polar surface area (TPSA) is 44.7 Å². The van der Waals surface area contributed by atoms with E-state index in [9.17, 15) is 0 Å². The lowest BCUT2D eigenvalue weighted by Crippen LogP contribution is -2.49. The Bertz CT molecular complexity index is 212. The fourth-order valence-electron chi connectivity index (χ4n) is 2.26. The molecule has 108 valence electrons. The van der Waals surface area contributed by atoms with Gasteiger partial charge in [-0.05, 0) is 39.2 Å². The quantitative estimate of drug-likeness (QED) is 0.640. The Morgan fingerprint density at radius 1 is 1.39 bits per heavy atom. The number of nitrogens with zero attached hydrogens (tertiary/aromatic N) is 1. The normalized spacial score (nSPS) is 23.5. The summed E-state index contributed by atoms with van der Waals surface area (Å²) in [5.41, 5.74) is 0. The number of ether oxygens (including phenoxy) is 1. The second kappa shape index (κ2) is 8.86. The molecular weight excluding hydrogens is 228 g/mol. The van der Waals surface area contributed by atoms with E-state index < -0.39 is 0 Å². The van der Waals surface area contributed by atoms with E-state index in [-0.39, 0.29) is 0 Å². The number of aliphatic hydroxyl groups is 1. The van der Waals surface area contributed by atoms with Crippen LogP contribution in [-0.2, 0) is 4.74 Å². The van der Waals surface area contributed by atoms with Crippen molar-refractivity contribution >= 4 is 0 Å². The molecule has 0 aromatic heterocycles. The van der Waals surface area contributed by atoms with Gasteiger partial charge in [-0.1, -0.05) is 6.92 Å². The molecule has 1 saturated heterocycles. The molecule has 0 spiro atoms. The third-order valence-electron chi connectivity index (χ3n) is 3.63. The maximum Gasteiger partial charge on any atom is 0.0826 e. The van der Waals surface area contributed by atoms with Gasteiger partial charge in [0.15, 0.2) is 0 Å². The molecule has 18 heavy (non-hydrogen) atoms. The van der Waals surface area contributed by atoms with Gasteiger partial charge in [0.05, 0.1) is 12.7 Å². The van der Waals surface area contributed by atoms with Crippen LogP contribution in [0.4, 0.5) is 0 Å². The molecule has 1 heterocycles. The van der Waals surface area contributed by atoms with Gasteiger partial charge in [0.25, 0.3) is 0 Å². The second-order valence-corrected chi connectivity index (χ2v) is 5.72. The fourth-order valence-corrected chi connectivity index (χ4v) is 2.26. The Labute approximate surface area is 112 Å². The first-order valence-electron chi connectivity index (χ1n) is 7.30. The summed E-state index contributed by atoms with van der Waals surface area (Å²) in [6, 6.07) is 0.613. The molecule has 1 rings (SSSR count). The van der Waals surface area contributed by atoms with E-state index in [0.29, 0.717) is 24.7 Å². The van der Waals surface area contributed by atoms with Crippen molar-refractivity contribution in [2.24, 2.45) is 5.92 Å². The molecule has 4 heteroatoms. The molecule has 0 aromatic rings. The highest BCUT2D eigenvalue weighted by atomic mass is 16.5. The van der Waals surface area contributed by atoms with Crippen LogP contribution in [0, 0.1) is 5.92 Å². The highest BCUT2D eigenvalue weighted by Crippen LogP contribution is 2.08. The van der Waals surface area contributed by atoms with Crippen LogP contribution in [0.1, 0.15) is 33.6 Å². The molecule has 0 aliphatic carbocycles. The van der Waals surface area contributed by atoms with E-state index in [2.05, 4.69) is 31.0 Å². The predicted molar refractivity (Wildman–Crippen MR) is 74.8 cm³/mol. The zero-order valence-corrected chi connectivity index (χ0v) is 12.2. The van der Waals surface area contributed by atoms with Gasteiger partial charge in [0, 0.05) is 32.3 Å². The van der Waals surface area contributed by atoms with Crippen LogP contribution < -0.4 is 5.32 Å². The molecule has 4 nitrogen and oxygen atoms in total. The maximum atomic E-state index is 8.93. The number of rotatable bonds is 8. The monoisotopic (exact) mass is 258 g/mol. The van der Waals surface area contributed by atoms with E-state index in [0.717, 1.165) is 45.6 Å². The molecule has 1 aliphatic heterocycles. The van der Waals surface area contributed by atoms with Crippen molar-refractivity contribution in [2.45, 2.75) is 45.8 Å². The third-order valence-corrected chi connectivity index (χ3v) is 3.63. The Morgan fingerprint density at radius 2 is 2.17 bits per heavy atom. The summed E-state index contributed by atoms with van der Waals surface area (Å²) >= 11 is 0. The number of morpholine rings is 1. The average Bonchev–Trinajstić information content (AvgIpc) is 2.38. The smallest absolute Gasteiger partial charge is 0.0826 e. The van der Waals surface area contributed by atoms with E-state index in [1.165, 1.54) is 0 Å². The summed E-state index contributed by atoms with van der Waals surface area (Å²) in [5, 5.41) is 12.4. The van der Waals surface area contributed by atoms with Crippen LogP contribution in [0.2, 0.25) is 0 Å². The molecular formula is C14H30N2O2. The van der Waals surface area contributed by atoms with E-state index in [1.54, 1.807) is 0 Å². The van der Waals surface area contributed by atoms with E-state index in [4.69, 9.17) is 9.84 Å². The summed E-state index contributed by atoms with van der Waals surface area (Å²) in [5.74, 6) is 0.425. The standard InChI is InChI=1S/C14H30N2O2/c1-12(2)16-7-8-18-14(10-16)9-15-6-4-5-13(3)11-17/h12-15,17H,4-11H2,1-3H3. The van der Waals surface area contributed by atoms with Gasteiger partial charge in [0.2, 0.25) is 0 Å². The van der Waals surface area contributed by atoms with Gasteiger partial charge in [-0.15, -0.1) is 0 Å². The molecule has 1 fully saturated rings. The zero-order chi connectivity index (χ0) is 13.4. The average molecular weight is 258 g/mol. The molecule has 2 unspecified atom stereocenters. The molecule has 1 aliphatic rings. The minimum atomic E-state index is 0.301. The first-order chi connectivity index (χ1) is 8.63. The number of aliphatic hydroxyl groups excluding tert-OH is 1. The lowest BCUT2D eigenvalue weighted by molar-refractivity contribution is -0.0371. The van der Waals surface area contributed by atoms with Crippen molar-refractivity contribution in [1.29, 1.82) is 0 Å². The van der Waals surface area contributed by atoms with Crippen molar-refractivity contribution in [1.82, 2.24) is 10.2 Å². The second-order valence-electron chi connectivity index (χ2n) is 5.72. The highest BCUT2D eigenvalue weighted by Gasteiger charge is 2.21. The summed E-state index contributed by atoms with van der Waals surface area (Å²) in [7, 11) is 0. The van der Waals surface area contributed by atoms with Crippen molar-refractivity contribution in [3.63, 3.8) is 0 Å². The van der Waals surface area contributed by atoms with Crippen molar-refractivity contribution in [3.05, 3.63) is 0 Å². The Hall–Kier alpha value is -0.160.